The number of nitrogens with zero attached hydrogens (tertiary/aromatic N) is 4. The van der Waals surface area contributed by atoms with Crippen molar-refractivity contribution < 1.29 is 14.1 Å². The van der Waals surface area contributed by atoms with Crippen LogP contribution >= 0.6 is 0 Å². The van der Waals surface area contributed by atoms with Crippen molar-refractivity contribution in [1.29, 1.82) is 0 Å². The minimum atomic E-state index is -0.418. The highest BCUT2D eigenvalue weighted by molar-refractivity contribution is 5.99. The van der Waals surface area contributed by atoms with E-state index in [2.05, 4.69) is 25.8 Å². The predicted molar refractivity (Wildman–Crippen MR) is 98.9 cm³/mol. The van der Waals surface area contributed by atoms with Crippen molar-refractivity contribution in [3.8, 4) is 11.6 Å². The number of urea groups is 1. The second-order valence-corrected chi connectivity index (χ2v) is 5.87. The van der Waals surface area contributed by atoms with E-state index in [0.717, 1.165) is 11.0 Å². The number of rotatable bonds is 4. The Hall–Kier alpha value is -3.88. The van der Waals surface area contributed by atoms with E-state index in [1.165, 1.54) is 6.33 Å². The summed E-state index contributed by atoms with van der Waals surface area (Å²) in [5.41, 5.74) is 2.22. The van der Waals surface area contributed by atoms with Gasteiger partial charge in [0.1, 0.15) is 23.4 Å². The van der Waals surface area contributed by atoms with Gasteiger partial charge in [0.15, 0.2) is 5.82 Å². The number of nitrogens with one attached hydrogen (secondary N) is 2. The van der Waals surface area contributed by atoms with Crippen molar-refractivity contribution in [2.45, 2.75) is 6.92 Å². The highest BCUT2D eigenvalue weighted by Gasteiger charge is 2.10. The minimum Gasteiger partial charge on any atom is -0.437 e. The smallest absolute Gasteiger partial charge is 0.324 e. The molecular weight excluding hydrogens is 348 g/mol. The minimum absolute atomic E-state index is 0.347. The predicted octanol–water partition coefficient (Wildman–Crippen LogP) is 3.70. The number of anilines is 2. The van der Waals surface area contributed by atoms with Crippen molar-refractivity contribution in [2.75, 3.05) is 10.6 Å². The van der Waals surface area contributed by atoms with Gasteiger partial charge in [-0.05, 0) is 37.3 Å². The molecule has 0 radical (unpaired) electrons. The summed E-state index contributed by atoms with van der Waals surface area (Å²) in [7, 11) is 1.90. The number of hydrogen-bond donors (Lipinski definition) is 2. The third kappa shape index (κ3) is 3.56. The third-order valence-corrected chi connectivity index (χ3v) is 3.82. The van der Waals surface area contributed by atoms with E-state index in [-0.39, 0.29) is 0 Å². The van der Waals surface area contributed by atoms with Gasteiger partial charge in [0.2, 0.25) is 5.88 Å². The van der Waals surface area contributed by atoms with Gasteiger partial charge in [0, 0.05) is 25.0 Å². The Bertz CT molecular complexity index is 1100. The number of aromatic nitrogens is 4. The molecule has 0 aliphatic carbocycles. The van der Waals surface area contributed by atoms with Crippen molar-refractivity contribution in [3.05, 3.63) is 54.7 Å². The molecular formula is C18H16N6O3. The highest BCUT2D eigenvalue weighted by Crippen LogP contribution is 2.27. The molecule has 1 aromatic carbocycles. The fourth-order valence-electron chi connectivity index (χ4n) is 2.58. The van der Waals surface area contributed by atoms with E-state index in [9.17, 15) is 4.79 Å². The maximum atomic E-state index is 12.0. The summed E-state index contributed by atoms with van der Waals surface area (Å²) in [5, 5.41) is 9.00. The van der Waals surface area contributed by atoms with Gasteiger partial charge in [-0.1, -0.05) is 5.16 Å². The Kier molecular flexibility index (Phi) is 4.17. The van der Waals surface area contributed by atoms with Crippen LogP contribution in [0, 0.1) is 6.92 Å². The summed E-state index contributed by atoms with van der Waals surface area (Å²) in [6, 6.07) is 10.0. The zero-order chi connectivity index (χ0) is 18.8. The van der Waals surface area contributed by atoms with Crippen LogP contribution in [0.5, 0.6) is 11.6 Å². The molecule has 0 fully saturated rings. The molecule has 9 heteroatoms. The number of fused-ring (bicyclic) bond motifs is 1. The highest BCUT2D eigenvalue weighted by atomic mass is 16.5. The lowest BCUT2D eigenvalue weighted by molar-refractivity contribution is 0.262. The molecule has 0 spiro atoms. The van der Waals surface area contributed by atoms with E-state index in [1.54, 1.807) is 37.3 Å². The summed E-state index contributed by atoms with van der Waals surface area (Å²) in [5.74, 6) is 2.02. The van der Waals surface area contributed by atoms with Crippen LogP contribution in [0.2, 0.25) is 0 Å². The molecule has 4 rings (SSSR count). The number of ether oxygens (including phenoxy) is 1. The molecule has 2 amide bonds. The molecule has 27 heavy (non-hydrogen) atoms. The monoisotopic (exact) mass is 364 g/mol. The fraction of sp³-hybridized carbons (Fsp3) is 0.111. The Morgan fingerprint density at radius 3 is 2.70 bits per heavy atom. The molecule has 0 saturated heterocycles. The van der Waals surface area contributed by atoms with Gasteiger partial charge in [0.25, 0.3) is 0 Å². The summed E-state index contributed by atoms with van der Waals surface area (Å²) in [6.07, 6.45) is 3.36. The van der Waals surface area contributed by atoms with Crippen LogP contribution in [0.25, 0.3) is 11.0 Å². The van der Waals surface area contributed by atoms with Crippen LogP contribution < -0.4 is 15.4 Å². The van der Waals surface area contributed by atoms with Crippen LogP contribution in [0.15, 0.2) is 53.4 Å². The van der Waals surface area contributed by atoms with Gasteiger partial charge in [-0.2, -0.15) is 4.98 Å². The fourth-order valence-corrected chi connectivity index (χ4v) is 2.58. The topological polar surface area (TPSA) is 107 Å². The quantitative estimate of drug-likeness (QED) is 0.572. The Morgan fingerprint density at radius 1 is 1.15 bits per heavy atom. The van der Waals surface area contributed by atoms with Gasteiger partial charge >= 0.3 is 6.03 Å². The molecule has 2 N–H and O–H groups in total. The van der Waals surface area contributed by atoms with E-state index in [1.807, 2.05) is 23.9 Å². The first-order chi connectivity index (χ1) is 13.1. The first-order valence-electron chi connectivity index (χ1n) is 8.14. The molecule has 136 valence electrons. The van der Waals surface area contributed by atoms with Crippen LogP contribution in [0.1, 0.15) is 5.76 Å². The molecule has 0 aliphatic heterocycles. The summed E-state index contributed by atoms with van der Waals surface area (Å²) in [4.78, 5) is 20.4. The normalized spacial score (nSPS) is 10.7. The Labute approximate surface area is 154 Å². The van der Waals surface area contributed by atoms with Crippen LogP contribution in [0.3, 0.4) is 0 Å². The number of hydrogen-bond acceptors (Lipinski definition) is 6. The number of benzene rings is 1. The first-order valence-corrected chi connectivity index (χ1v) is 8.14. The maximum absolute atomic E-state index is 12.0. The number of aryl methyl sites for hydroxylation is 2. The van der Waals surface area contributed by atoms with E-state index in [4.69, 9.17) is 9.26 Å². The summed E-state index contributed by atoms with van der Waals surface area (Å²) >= 11 is 0. The average molecular weight is 364 g/mol. The van der Waals surface area contributed by atoms with E-state index in [0.29, 0.717) is 28.9 Å². The largest absolute Gasteiger partial charge is 0.437 e. The molecule has 3 heterocycles. The second kappa shape index (κ2) is 6.79. The van der Waals surface area contributed by atoms with Gasteiger partial charge in [-0.3, -0.25) is 5.32 Å². The zero-order valence-electron chi connectivity index (χ0n) is 14.6. The lowest BCUT2D eigenvalue weighted by atomic mass is 10.3. The molecule has 9 nitrogen and oxygen atoms in total. The maximum Gasteiger partial charge on any atom is 0.324 e. The van der Waals surface area contributed by atoms with E-state index < -0.39 is 6.03 Å². The average Bonchev–Trinajstić information content (AvgIpc) is 3.23. The lowest BCUT2D eigenvalue weighted by Crippen LogP contribution is -2.19. The van der Waals surface area contributed by atoms with Crippen LogP contribution in [-0.2, 0) is 7.05 Å². The zero-order valence-corrected chi connectivity index (χ0v) is 14.6. The number of carbonyl (C=O) groups excluding carboxylic acids is 1. The van der Waals surface area contributed by atoms with Gasteiger partial charge in [-0.15, -0.1) is 0 Å². The molecule has 3 aromatic heterocycles. The van der Waals surface area contributed by atoms with E-state index >= 15 is 0 Å². The molecule has 0 unspecified atom stereocenters. The summed E-state index contributed by atoms with van der Waals surface area (Å²) < 4.78 is 12.7. The van der Waals surface area contributed by atoms with Crippen LogP contribution in [0.4, 0.5) is 16.3 Å². The van der Waals surface area contributed by atoms with Crippen molar-refractivity contribution in [3.63, 3.8) is 0 Å². The van der Waals surface area contributed by atoms with Crippen LogP contribution in [-0.4, -0.2) is 25.7 Å². The van der Waals surface area contributed by atoms with Crippen molar-refractivity contribution >= 4 is 28.6 Å². The molecule has 0 atom stereocenters. The standard InChI is InChI=1S/C18H16N6O3/c1-11-9-15(23-27-11)22-18(25)21-12-3-5-13(6-4-12)26-17-16-14(19-10-20-17)7-8-24(16)2/h3-10H,1-2H3,(H2,21,22,23,25). The number of amides is 2. The Morgan fingerprint density at radius 2 is 1.96 bits per heavy atom. The molecule has 4 aromatic rings. The van der Waals surface area contributed by atoms with Gasteiger partial charge in [-0.25, -0.2) is 9.78 Å². The molecule has 0 bridgehead atoms. The Balaban J connectivity index is 1.44. The summed E-state index contributed by atoms with van der Waals surface area (Å²) in [6.45, 7) is 1.75. The molecule has 0 saturated carbocycles. The first kappa shape index (κ1) is 16.6. The van der Waals surface area contributed by atoms with Crippen molar-refractivity contribution in [2.24, 2.45) is 7.05 Å². The molecule has 0 aliphatic rings. The number of carbonyl (C=O) groups is 1. The third-order valence-electron chi connectivity index (χ3n) is 3.82. The SMILES string of the molecule is Cc1cc(NC(=O)Nc2ccc(Oc3ncnc4ccn(C)c34)cc2)no1. The second-order valence-electron chi connectivity index (χ2n) is 5.87. The lowest BCUT2D eigenvalue weighted by Gasteiger charge is -2.09. The van der Waals surface area contributed by atoms with Gasteiger partial charge in [0.05, 0.1) is 5.52 Å². The van der Waals surface area contributed by atoms with Gasteiger partial charge < -0.3 is 19.1 Å². The van der Waals surface area contributed by atoms with Crippen molar-refractivity contribution in [1.82, 2.24) is 19.7 Å².